The maximum absolute atomic E-state index is 12.7. The smallest absolute Gasteiger partial charge is 0.228 e. The van der Waals surface area contributed by atoms with Crippen molar-refractivity contribution in [1.82, 2.24) is 4.31 Å². The largest absolute Gasteiger partial charge is 0.506 e. The lowest BCUT2D eigenvalue weighted by Gasteiger charge is -2.31. The van der Waals surface area contributed by atoms with E-state index in [0.29, 0.717) is 31.5 Å². The number of anilines is 1. The lowest BCUT2D eigenvalue weighted by Crippen LogP contribution is -2.44. The highest BCUT2D eigenvalue weighted by Gasteiger charge is 2.32. The molecule has 1 heterocycles. The van der Waals surface area contributed by atoms with Crippen LogP contribution in [0.1, 0.15) is 52.5 Å². The van der Waals surface area contributed by atoms with Crippen LogP contribution >= 0.6 is 0 Å². The van der Waals surface area contributed by atoms with E-state index in [4.69, 9.17) is 0 Å². The van der Waals surface area contributed by atoms with Crippen molar-refractivity contribution in [2.75, 3.05) is 24.2 Å². The molecule has 0 aromatic heterocycles. The molecule has 7 heteroatoms. The van der Waals surface area contributed by atoms with E-state index in [0.717, 1.165) is 5.56 Å². The molecule has 0 radical (unpaired) electrons. The minimum Gasteiger partial charge on any atom is -0.506 e. The molecule has 1 fully saturated rings. The van der Waals surface area contributed by atoms with Gasteiger partial charge in [0.25, 0.3) is 0 Å². The number of benzene rings is 1. The number of rotatable bonds is 5. The second-order valence-corrected chi connectivity index (χ2v) is 10.1. The van der Waals surface area contributed by atoms with E-state index in [1.807, 2.05) is 13.0 Å². The van der Waals surface area contributed by atoms with E-state index < -0.39 is 15.9 Å². The van der Waals surface area contributed by atoms with Gasteiger partial charge in [-0.1, -0.05) is 33.8 Å². The molecule has 1 amide bonds. The van der Waals surface area contributed by atoms with Gasteiger partial charge in [-0.3, -0.25) is 4.79 Å². The number of carbonyl (C=O) groups excluding carboxylic acids is 1. The second kappa shape index (κ2) is 7.96. The molecule has 1 unspecified atom stereocenters. The first-order chi connectivity index (χ1) is 12.0. The van der Waals surface area contributed by atoms with E-state index in [9.17, 15) is 18.3 Å². The zero-order valence-electron chi connectivity index (χ0n) is 16.1. The molecule has 2 N–H and O–H groups in total. The highest BCUT2D eigenvalue weighted by Crippen LogP contribution is 2.31. The van der Waals surface area contributed by atoms with Crippen LogP contribution in [-0.2, 0) is 20.2 Å². The number of hydrogen-bond donors (Lipinski definition) is 2. The summed E-state index contributed by atoms with van der Waals surface area (Å²) in [5.74, 6) is -0.538. The van der Waals surface area contributed by atoms with Gasteiger partial charge in [0.15, 0.2) is 0 Å². The molecule has 0 saturated carbocycles. The summed E-state index contributed by atoms with van der Waals surface area (Å²) in [7, 11) is -3.30. The van der Waals surface area contributed by atoms with Crippen LogP contribution in [0.25, 0.3) is 0 Å². The zero-order chi connectivity index (χ0) is 19.5. The highest BCUT2D eigenvalue weighted by atomic mass is 32.2. The van der Waals surface area contributed by atoms with E-state index in [2.05, 4.69) is 26.1 Å². The van der Waals surface area contributed by atoms with Crippen molar-refractivity contribution in [3.05, 3.63) is 23.8 Å². The SMILES string of the molecule is CCCS(=O)(=O)N1CCCC(C(=O)Nc2cc(C(C)(C)C)ccc2O)C1. The lowest BCUT2D eigenvalue weighted by molar-refractivity contribution is -0.120. The summed E-state index contributed by atoms with van der Waals surface area (Å²) in [5, 5.41) is 12.9. The highest BCUT2D eigenvalue weighted by molar-refractivity contribution is 7.89. The molecule has 1 aromatic carbocycles. The Morgan fingerprint density at radius 2 is 2.04 bits per heavy atom. The van der Waals surface area contributed by atoms with Crippen LogP contribution in [0.5, 0.6) is 5.75 Å². The number of nitrogens with zero attached hydrogens (tertiary/aromatic N) is 1. The Bertz CT molecular complexity index is 753. The normalized spacial score (nSPS) is 19.3. The molecule has 0 aliphatic carbocycles. The van der Waals surface area contributed by atoms with Crippen LogP contribution in [-0.4, -0.2) is 42.6 Å². The summed E-state index contributed by atoms with van der Waals surface area (Å²) in [6.45, 7) is 8.68. The third-order valence-corrected chi connectivity index (χ3v) is 6.77. The number of aromatic hydroxyl groups is 1. The number of amides is 1. The summed E-state index contributed by atoms with van der Waals surface area (Å²) in [6.07, 6.45) is 1.86. The number of phenols is 1. The number of hydrogen-bond acceptors (Lipinski definition) is 4. The van der Waals surface area contributed by atoms with Crippen molar-refractivity contribution in [3.63, 3.8) is 0 Å². The molecule has 146 valence electrons. The third kappa shape index (κ3) is 4.98. The van der Waals surface area contributed by atoms with Crippen molar-refractivity contribution in [3.8, 4) is 5.75 Å². The van der Waals surface area contributed by atoms with Crippen LogP contribution < -0.4 is 5.32 Å². The fourth-order valence-electron chi connectivity index (χ4n) is 3.13. The molecule has 2 rings (SSSR count). The van der Waals surface area contributed by atoms with Gasteiger partial charge in [0.1, 0.15) is 5.75 Å². The average Bonchev–Trinajstić information content (AvgIpc) is 2.56. The maximum atomic E-state index is 12.7. The van der Waals surface area contributed by atoms with Crippen molar-refractivity contribution in [2.24, 2.45) is 5.92 Å². The fourth-order valence-corrected chi connectivity index (χ4v) is 4.72. The molecule has 1 aliphatic heterocycles. The van der Waals surface area contributed by atoms with Gasteiger partial charge in [0.2, 0.25) is 15.9 Å². The Morgan fingerprint density at radius 3 is 2.65 bits per heavy atom. The number of phenolic OH excluding ortho intramolecular Hbond substituents is 1. The van der Waals surface area contributed by atoms with Crippen molar-refractivity contribution in [1.29, 1.82) is 0 Å². The fraction of sp³-hybridized carbons (Fsp3) is 0.632. The average molecular weight is 383 g/mol. The Balaban J connectivity index is 2.13. The Kier molecular flexibility index (Phi) is 6.34. The van der Waals surface area contributed by atoms with Crippen LogP contribution in [0.3, 0.4) is 0 Å². The summed E-state index contributed by atoms with van der Waals surface area (Å²) >= 11 is 0. The molecule has 1 aliphatic rings. The Labute approximate surface area is 156 Å². The van der Waals surface area contributed by atoms with Gasteiger partial charge in [0, 0.05) is 13.1 Å². The van der Waals surface area contributed by atoms with Gasteiger partial charge < -0.3 is 10.4 Å². The summed E-state index contributed by atoms with van der Waals surface area (Å²) in [5.41, 5.74) is 1.26. The second-order valence-electron chi connectivity index (χ2n) is 7.98. The standard InChI is InChI=1S/C19H30N2O4S/c1-5-11-26(24,25)21-10-6-7-14(13-21)18(23)20-16-12-15(19(2,3)4)8-9-17(16)22/h8-9,12,14,22H,5-7,10-11,13H2,1-4H3,(H,20,23). The quantitative estimate of drug-likeness (QED) is 0.766. The van der Waals surface area contributed by atoms with Crippen LogP contribution in [0, 0.1) is 5.92 Å². The Hall–Kier alpha value is -1.60. The van der Waals surface area contributed by atoms with Gasteiger partial charge in [-0.2, -0.15) is 0 Å². The summed E-state index contributed by atoms with van der Waals surface area (Å²) < 4.78 is 26.0. The Morgan fingerprint density at radius 1 is 1.35 bits per heavy atom. The molecule has 6 nitrogen and oxygen atoms in total. The predicted molar refractivity (Wildman–Crippen MR) is 104 cm³/mol. The minimum absolute atomic E-state index is 0.0117. The van der Waals surface area contributed by atoms with Crippen molar-refractivity contribution >= 4 is 21.6 Å². The molecule has 1 atom stereocenters. The van der Waals surface area contributed by atoms with Crippen LogP contribution in [0.2, 0.25) is 0 Å². The monoisotopic (exact) mass is 382 g/mol. The van der Waals surface area contributed by atoms with Crippen LogP contribution in [0.15, 0.2) is 18.2 Å². The van der Waals surface area contributed by atoms with Gasteiger partial charge in [-0.05, 0) is 42.4 Å². The van der Waals surface area contributed by atoms with Crippen LogP contribution in [0.4, 0.5) is 5.69 Å². The summed E-state index contributed by atoms with van der Waals surface area (Å²) in [4.78, 5) is 12.7. The molecule has 0 spiro atoms. The van der Waals surface area contributed by atoms with Crippen molar-refractivity contribution in [2.45, 2.75) is 52.4 Å². The molecular weight excluding hydrogens is 352 g/mol. The predicted octanol–water partition coefficient (Wildman–Crippen LogP) is 3.08. The number of carbonyl (C=O) groups is 1. The minimum atomic E-state index is -3.30. The summed E-state index contributed by atoms with van der Waals surface area (Å²) in [6, 6.07) is 5.20. The maximum Gasteiger partial charge on any atom is 0.228 e. The van der Waals surface area contributed by atoms with E-state index in [-0.39, 0.29) is 29.4 Å². The molecule has 1 saturated heterocycles. The first-order valence-electron chi connectivity index (χ1n) is 9.17. The lowest BCUT2D eigenvalue weighted by atomic mass is 9.86. The number of sulfonamides is 1. The topological polar surface area (TPSA) is 86.7 Å². The number of piperidine rings is 1. The molecule has 0 bridgehead atoms. The van der Waals surface area contributed by atoms with Gasteiger partial charge in [-0.25, -0.2) is 12.7 Å². The molecular formula is C19H30N2O4S. The zero-order valence-corrected chi connectivity index (χ0v) is 16.9. The first-order valence-corrected chi connectivity index (χ1v) is 10.8. The van der Waals surface area contributed by atoms with Gasteiger partial charge in [0.05, 0.1) is 17.4 Å². The van der Waals surface area contributed by atoms with E-state index >= 15 is 0 Å². The number of nitrogens with one attached hydrogen (secondary N) is 1. The first kappa shape index (κ1) is 20.7. The molecule has 26 heavy (non-hydrogen) atoms. The molecule has 1 aromatic rings. The third-order valence-electron chi connectivity index (χ3n) is 4.73. The van der Waals surface area contributed by atoms with Gasteiger partial charge in [-0.15, -0.1) is 0 Å². The van der Waals surface area contributed by atoms with E-state index in [1.54, 1.807) is 12.1 Å². The van der Waals surface area contributed by atoms with Gasteiger partial charge >= 0.3 is 0 Å². The van der Waals surface area contributed by atoms with E-state index in [1.165, 1.54) is 4.31 Å². The van der Waals surface area contributed by atoms with Crippen molar-refractivity contribution < 1.29 is 18.3 Å².